The van der Waals surface area contributed by atoms with Gasteiger partial charge in [-0.05, 0) is 78.4 Å². The summed E-state index contributed by atoms with van der Waals surface area (Å²) in [5, 5.41) is 6.29. The normalized spacial score (nSPS) is 15.8. The van der Waals surface area contributed by atoms with E-state index < -0.39 is 0 Å². The number of hydrogen-bond acceptors (Lipinski definition) is 1. The van der Waals surface area contributed by atoms with Crippen LogP contribution in [-0.2, 0) is 0 Å². The van der Waals surface area contributed by atoms with Gasteiger partial charge in [0.25, 0.3) is 0 Å². The first-order chi connectivity index (χ1) is 28.8. The third-order valence-corrected chi connectivity index (χ3v) is 12.8. The molecule has 4 heteroatoms. The van der Waals surface area contributed by atoms with Crippen molar-refractivity contribution in [2.75, 3.05) is 4.90 Å². The standard InChI is InChI=1S/C54H36N4/c1-3-15-35(16-4-1)55-47-23-11-7-19-39(47)43-31-33-45-41-21-9-13-25-49(41)57(53(45)51(43)55)37-27-29-38(30-28-37)58-50-26-14-10-22-42(50)46-34-32-44-40-20-8-12-24-48(40)56(52(44)54(46)58)36-17-5-2-6-18-36/h1-34,45,53H. The van der Waals surface area contributed by atoms with E-state index in [0.29, 0.717) is 0 Å². The molecule has 58 heavy (non-hydrogen) atoms. The minimum Gasteiger partial charge on any atom is -0.331 e. The van der Waals surface area contributed by atoms with Crippen molar-refractivity contribution in [3.63, 3.8) is 0 Å². The SMILES string of the molecule is C1=CC2c3ccccc3N(c3ccc(-n4c5ccccc5c5ccc6c7ccccc7n(-c7ccccc7)c6c54)cc3)C2c2c1c1ccccc1n2-c1ccccc1. The van der Waals surface area contributed by atoms with Gasteiger partial charge < -0.3 is 18.6 Å². The Balaban J connectivity index is 1.05. The molecule has 1 aliphatic carbocycles. The van der Waals surface area contributed by atoms with E-state index in [2.05, 4.69) is 225 Å². The largest absolute Gasteiger partial charge is 0.331 e. The van der Waals surface area contributed by atoms with Gasteiger partial charge in [-0.1, -0.05) is 133 Å². The van der Waals surface area contributed by atoms with Crippen LogP contribution in [0.15, 0.2) is 200 Å². The Morgan fingerprint density at radius 1 is 0.345 bits per heavy atom. The molecule has 0 radical (unpaired) electrons. The molecule has 0 saturated carbocycles. The van der Waals surface area contributed by atoms with Crippen LogP contribution in [0.2, 0.25) is 0 Å². The van der Waals surface area contributed by atoms with Crippen LogP contribution in [0.5, 0.6) is 0 Å². The highest BCUT2D eigenvalue weighted by Crippen LogP contribution is 2.57. The average Bonchev–Trinajstić information content (AvgIpc) is 4.02. The van der Waals surface area contributed by atoms with Crippen LogP contribution in [0, 0.1) is 0 Å². The Labute approximate surface area is 335 Å². The lowest BCUT2D eigenvalue weighted by Gasteiger charge is -2.33. The summed E-state index contributed by atoms with van der Waals surface area (Å²) >= 11 is 0. The zero-order chi connectivity index (χ0) is 37.9. The molecule has 11 aromatic rings. The van der Waals surface area contributed by atoms with E-state index >= 15 is 0 Å². The number of rotatable bonds is 4. The monoisotopic (exact) mass is 740 g/mol. The number of para-hydroxylation sites is 6. The first-order valence-electron chi connectivity index (χ1n) is 20.2. The Kier molecular flexibility index (Phi) is 6.53. The van der Waals surface area contributed by atoms with Gasteiger partial charge in [-0.3, -0.25) is 0 Å². The molecule has 4 heterocycles. The number of aromatic nitrogens is 3. The highest BCUT2D eigenvalue weighted by Gasteiger charge is 2.44. The molecule has 2 atom stereocenters. The van der Waals surface area contributed by atoms with Crippen LogP contribution in [0.3, 0.4) is 0 Å². The average molecular weight is 741 g/mol. The first kappa shape index (κ1) is 31.6. The van der Waals surface area contributed by atoms with Crippen LogP contribution < -0.4 is 4.90 Å². The molecule has 13 rings (SSSR count). The molecule has 0 amide bonds. The fourth-order valence-corrected chi connectivity index (χ4v) is 10.5. The van der Waals surface area contributed by atoms with Crippen molar-refractivity contribution in [1.29, 1.82) is 0 Å². The van der Waals surface area contributed by atoms with Gasteiger partial charge in [-0.25, -0.2) is 0 Å². The number of fused-ring (bicyclic) bond motifs is 14. The second-order valence-corrected chi connectivity index (χ2v) is 15.7. The third-order valence-electron chi connectivity index (χ3n) is 12.8. The molecule has 0 saturated heterocycles. The number of anilines is 2. The number of benzene rings is 8. The third kappa shape index (κ3) is 4.24. The summed E-state index contributed by atoms with van der Waals surface area (Å²) in [6.45, 7) is 0. The van der Waals surface area contributed by atoms with Gasteiger partial charge in [-0.15, -0.1) is 0 Å². The van der Waals surface area contributed by atoms with Crippen molar-refractivity contribution in [2.24, 2.45) is 0 Å². The molecule has 8 aromatic carbocycles. The first-order valence-corrected chi connectivity index (χ1v) is 20.2. The van der Waals surface area contributed by atoms with Gasteiger partial charge in [-0.2, -0.15) is 0 Å². The van der Waals surface area contributed by atoms with Crippen LogP contribution in [0.25, 0.3) is 77.7 Å². The molecule has 1 aliphatic heterocycles. The highest BCUT2D eigenvalue weighted by atomic mass is 15.2. The molecular formula is C54H36N4. The van der Waals surface area contributed by atoms with Gasteiger partial charge >= 0.3 is 0 Å². The minimum atomic E-state index is 0.0744. The predicted octanol–water partition coefficient (Wildman–Crippen LogP) is 13.8. The number of hydrogen-bond donors (Lipinski definition) is 0. The van der Waals surface area contributed by atoms with Gasteiger partial charge in [0.05, 0.1) is 39.3 Å². The lowest BCUT2D eigenvalue weighted by Crippen LogP contribution is -2.26. The van der Waals surface area contributed by atoms with Crippen LogP contribution in [-0.4, -0.2) is 13.7 Å². The van der Waals surface area contributed by atoms with Gasteiger partial charge in [0.2, 0.25) is 0 Å². The molecule has 2 aliphatic rings. The lowest BCUT2D eigenvalue weighted by atomic mass is 9.86. The molecule has 0 spiro atoms. The fraction of sp³-hybridized carbons (Fsp3) is 0.0370. The summed E-state index contributed by atoms with van der Waals surface area (Å²) in [5.74, 6) is 0.209. The molecule has 0 bridgehead atoms. The summed E-state index contributed by atoms with van der Waals surface area (Å²) in [6.07, 6.45) is 4.82. The van der Waals surface area contributed by atoms with E-state index in [1.165, 1.54) is 88.4 Å². The second kappa shape index (κ2) is 12.0. The van der Waals surface area contributed by atoms with Crippen molar-refractivity contribution in [3.05, 3.63) is 217 Å². The van der Waals surface area contributed by atoms with Crippen LogP contribution >= 0.6 is 0 Å². The zero-order valence-electron chi connectivity index (χ0n) is 31.6. The smallest absolute Gasteiger partial charge is 0.0856 e. The molecular weight excluding hydrogens is 705 g/mol. The number of nitrogens with zero attached hydrogens (tertiary/aromatic N) is 4. The fourth-order valence-electron chi connectivity index (χ4n) is 10.5. The van der Waals surface area contributed by atoms with Crippen LogP contribution in [0.4, 0.5) is 11.4 Å². The van der Waals surface area contributed by atoms with E-state index in [1.54, 1.807) is 0 Å². The topological polar surface area (TPSA) is 18.0 Å². The predicted molar refractivity (Wildman–Crippen MR) is 241 cm³/mol. The molecule has 0 fully saturated rings. The molecule has 2 unspecified atom stereocenters. The van der Waals surface area contributed by atoms with Gasteiger partial charge in [0.1, 0.15) is 0 Å². The Hall–Kier alpha value is -7.56. The summed E-state index contributed by atoms with van der Waals surface area (Å²) in [4.78, 5) is 2.60. The minimum absolute atomic E-state index is 0.0744. The Morgan fingerprint density at radius 3 is 1.43 bits per heavy atom. The van der Waals surface area contributed by atoms with Crippen LogP contribution in [0.1, 0.15) is 28.8 Å². The zero-order valence-corrected chi connectivity index (χ0v) is 31.6. The van der Waals surface area contributed by atoms with Crippen molar-refractivity contribution < 1.29 is 0 Å². The lowest BCUT2D eigenvalue weighted by molar-refractivity contribution is 0.636. The molecule has 3 aromatic heterocycles. The highest BCUT2D eigenvalue weighted by molar-refractivity contribution is 6.23. The van der Waals surface area contributed by atoms with E-state index in [9.17, 15) is 0 Å². The van der Waals surface area contributed by atoms with Crippen molar-refractivity contribution in [2.45, 2.75) is 12.0 Å². The summed E-state index contributed by atoms with van der Waals surface area (Å²) in [5.41, 5.74) is 16.0. The van der Waals surface area contributed by atoms with Gasteiger partial charge in [0.15, 0.2) is 0 Å². The Bertz CT molecular complexity index is 3460. The maximum atomic E-state index is 2.60. The molecule has 4 nitrogen and oxygen atoms in total. The summed E-state index contributed by atoms with van der Waals surface area (Å²) < 4.78 is 7.46. The second-order valence-electron chi connectivity index (χ2n) is 15.7. The van der Waals surface area contributed by atoms with E-state index in [0.717, 1.165) is 11.4 Å². The van der Waals surface area contributed by atoms with Gasteiger partial charge in [0, 0.05) is 66.8 Å². The molecule has 272 valence electrons. The van der Waals surface area contributed by atoms with Crippen molar-refractivity contribution in [3.8, 4) is 17.1 Å². The maximum absolute atomic E-state index is 2.60. The van der Waals surface area contributed by atoms with E-state index in [1.807, 2.05) is 0 Å². The summed E-state index contributed by atoms with van der Waals surface area (Å²) in [6, 6.07) is 71.3. The maximum Gasteiger partial charge on any atom is 0.0856 e. The summed E-state index contributed by atoms with van der Waals surface area (Å²) in [7, 11) is 0. The van der Waals surface area contributed by atoms with E-state index in [-0.39, 0.29) is 12.0 Å². The molecule has 0 N–H and O–H groups in total. The van der Waals surface area contributed by atoms with Crippen molar-refractivity contribution in [1.82, 2.24) is 13.7 Å². The van der Waals surface area contributed by atoms with Crippen molar-refractivity contribution >= 4 is 72.0 Å². The Morgan fingerprint density at radius 2 is 0.810 bits per heavy atom. The quantitative estimate of drug-likeness (QED) is 0.176. The van der Waals surface area contributed by atoms with E-state index in [4.69, 9.17) is 0 Å².